The first-order valence-electron chi connectivity index (χ1n) is 7.87. The quantitative estimate of drug-likeness (QED) is 0.737. The lowest BCUT2D eigenvalue weighted by Crippen LogP contribution is -2.19. The van der Waals surface area contributed by atoms with E-state index in [-0.39, 0.29) is 5.91 Å². The van der Waals surface area contributed by atoms with E-state index in [0.717, 1.165) is 29.4 Å². The molecule has 3 aromatic rings. The van der Waals surface area contributed by atoms with E-state index < -0.39 is 0 Å². The van der Waals surface area contributed by atoms with Crippen LogP contribution in [0.25, 0.3) is 10.8 Å². The van der Waals surface area contributed by atoms with Crippen LogP contribution in [0.2, 0.25) is 0 Å². The van der Waals surface area contributed by atoms with Gasteiger partial charge in [0.2, 0.25) is 0 Å². The molecule has 0 saturated carbocycles. The van der Waals surface area contributed by atoms with Crippen molar-refractivity contribution in [2.24, 2.45) is 0 Å². The molecule has 2 heterocycles. The molecule has 2 aromatic heterocycles. The highest BCUT2D eigenvalue weighted by molar-refractivity contribution is 7.13. The molecule has 0 unspecified atom stereocenters. The molecule has 7 heteroatoms. The monoisotopic (exact) mass is 353 g/mol. The van der Waals surface area contributed by atoms with Crippen molar-refractivity contribution in [3.05, 3.63) is 64.9 Å². The second kappa shape index (κ2) is 7.96. The molecule has 1 amide bonds. The van der Waals surface area contributed by atoms with Gasteiger partial charge in [0.25, 0.3) is 5.91 Å². The van der Waals surface area contributed by atoms with Gasteiger partial charge in [0.15, 0.2) is 10.8 Å². The fraction of sp³-hybridized carbons (Fsp3) is 0.222. The third kappa shape index (κ3) is 4.46. The number of aromatic nitrogens is 3. The fourth-order valence-electron chi connectivity index (χ4n) is 2.44. The van der Waals surface area contributed by atoms with E-state index in [1.807, 2.05) is 36.7 Å². The van der Waals surface area contributed by atoms with Gasteiger partial charge in [-0.2, -0.15) is 0 Å². The number of hydrogen-bond acceptors (Lipinski definition) is 6. The van der Waals surface area contributed by atoms with E-state index in [1.54, 1.807) is 36.8 Å². The van der Waals surface area contributed by atoms with Gasteiger partial charge in [-0.05, 0) is 30.8 Å². The molecule has 0 fully saturated rings. The molecule has 128 valence electrons. The molecule has 0 spiro atoms. The maximum atomic E-state index is 11.6. The Kier molecular flexibility index (Phi) is 5.47. The Morgan fingerprint density at radius 1 is 1.16 bits per heavy atom. The fourth-order valence-corrected chi connectivity index (χ4v) is 3.20. The zero-order valence-corrected chi connectivity index (χ0v) is 15.0. The largest absolute Gasteiger partial charge is 0.355 e. The molecule has 1 N–H and O–H groups in total. The van der Waals surface area contributed by atoms with E-state index in [4.69, 9.17) is 0 Å². The van der Waals surface area contributed by atoms with Crippen LogP contribution < -0.4 is 5.32 Å². The molecular formula is C18H19N5OS. The van der Waals surface area contributed by atoms with Gasteiger partial charge in [-0.3, -0.25) is 9.69 Å². The molecule has 0 bridgehead atoms. The number of nitrogens with one attached hydrogen (secondary N) is 1. The van der Waals surface area contributed by atoms with Crippen LogP contribution in [-0.2, 0) is 13.1 Å². The summed E-state index contributed by atoms with van der Waals surface area (Å²) in [6, 6.07) is 9.43. The summed E-state index contributed by atoms with van der Waals surface area (Å²) in [5.74, 6) is 0.587. The smallest absolute Gasteiger partial charge is 0.251 e. The van der Waals surface area contributed by atoms with Gasteiger partial charge in [-0.1, -0.05) is 12.1 Å². The molecule has 0 aliphatic rings. The molecule has 3 rings (SSSR count). The highest BCUT2D eigenvalue weighted by atomic mass is 32.1. The Morgan fingerprint density at radius 3 is 2.56 bits per heavy atom. The van der Waals surface area contributed by atoms with Gasteiger partial charge >= 0.3 is 0 Å². The molecule has 6 nitrogen and oxygen atoms in total. The highest BCUT2D eigenvalue weighted by Gasteiger charge is 2.09. The number of rotatable bonds is 6. The molecule has 0 saturated heterocycles. The van der Waals surface area contributed by atoms with E-state index >= 15 is 0 Å². The first kappa shape index (κ1) is 17.2. The number of carbonyl (C=O) groups is 1. The minimum Gasteiger partial charge on any atom is -0.355 e. The van der Waals surface area contributed by atoms with E-state index in [1.165, 1.54) is 0 Å². The van der Waals surface area contributed by atoms with Crippen LogP contribution in [-0.4, -0.2) is 39.9 Å². The zero-order valence-electron chi connectivity index (χ0n) is 14.1. The number of amides is 1. The van der Waals surface area contributed by atoms with Gasteiger partial charge < -0.3 is 5.32 Å². The van der Waals surface area contributed by atoms with Crippen molar-refractivity contribution < 1.29 is 4.79 Å². The molecule has 1 aromatic carbocycles. The van der Waals surface area contributed by atoms with Crippen LogP contribution in [0.4, 0.5) is 0 Å². The van der Waals surface area contributed by atoms with Gasteiger partial charge in [0.05, 0.1) is 5.69 Å². The molecule has 25 heavy (non-hydrogen) atoms. The maximum Gasteiger partial charge on any atom is 0.251 e. The normalized spacial score (nSPS) is 10.8. The number of nitrogens with zero attached hydrogens (tertiary/aromatic N) is 4. The van der Waals surface area contributed by atoms with Crippen molar-refractivity contribution in [3.8, 4) is 10.8 Å². The van der Waals surface area contributed by atoms with E-state index in [2.05, 4.69) is 25.2 Å². The lowest BCUT2D eigenvalue weighted by molar-refractivity contribution is 0.0963. The average Bonchev–Trinajstić information content (AvgIpc) is 3.10. The van der Waals surface area contributed by atoms with Crippen molar-refractivity contribution in [1.82, 2.24) is 25.2 Å². The summed E-state index contributed by atoms with van der Waals surface area (Å²) in [5.41, 5.74) is 2.81. The maximum absolute atomic E-state index is 11.6. The molecule has 0 atom stereocenters. The zero-order chi connectivity index (χ0) is 17.6. The number of thiazole rings is 1. The van der Waals surface area contributed by atoms with Gasteiger partial charge in [-0.15, -0.1) is 11.3 Å². The highest BCUT2D eigenvalue weighted by Crippen LogP contribution is 2.20. The second-order valence-corrected chi connectivity index (χ2v) is 6.52. The van der Waals surface area contributed by atoms with Crippen LogP contribution >= 0.6 is 11.3 Å². The third-order valence-corrected chi connectivity index (χ3v) is 4.52. The van der Waals surface area contributed by atoms with E-state index in [9.17, 15) is 4.79 Å². The Hall–Kier alpha value is -2.64. The van der Waals surface area contributed by atoms with Crippen molar-refractivity contribution in [2.75, 3.05) is 14.1 Å². The van der Waals surface area contributed by atoms with Crippen molar-refractivity contribution in [1.29, 1.82) is 0 Å². The van der Waals surface area contributed by atoms with Crippen LogP contribution in [0.5, 0.6) is 0 Å². The van der Waals surface area contributed by atoms with Gasteiger partial charge in [0, 0.05) is 43.5 Å². The standard InChI is InChI=1S/C18H19N5OS/c1-19-17(24)14-6-4-13(5-7-14)10-23(2)11-15-12-25-18(22-15)16-20-8-3-9-21-16/h3-9,12H,10-11H2,1-2H3,(H,19,24). The summed E-state index contributed by atoms with van der Waals surface area (Å²) in [4.78, 5) is 26.8. The van der Waals surface area contributed by atoms with Gasteiger partial charge in [-0.25, -0.2) is 15.0 Å². The lowest BCUT2D eigenvalue weighted by atomic mass is 10.1. The Morgan fingerprint density at radius 2 is 1.88 bits per heavy atom. The molecular weight excluding hydrogens is 334 g/mol. The number of benzene rings is 1. The Bertz CT molecular complexity index is 832. The number of hydrogen-bond donors (Lipinski definition) is 1. The van der Waals surface area contributed by atoms with Crippen LogP contribution in [0, 0.1) is 0 Å². The molecule has 0 aliphatic carbocycles. The summed E-state index contributed by atoms with van der Waals surface area (Å²) in [5, 5.41) is 5.49. The summed E-state index contributed by atoms with van der Waals surface area (Å²) in [6.07, 6.45) is 3.44. The minimum absolute atomic E-state index is 0.0713. The summed E-state index contributed by atoms with van der Waals surface area (Å²) >= 11 is 1.55. The second-order valence-electron chi connectivity index (χ2n) is 5.66. The molecule has 0 radical (unpaired) electrons. The Balaban J connectivity index is 1.60. The summed E-state index contributed by atoms with van der Waals surface area (Å²) in [6.45, 7) is 1.52. The van der Waals surface area contributed by atoms with Crippen LogP contribution in [0.1, 0.15) is 21.6 Å². The Labute approximate surface area is 150 Å². The van der Waals surface area contributed by atoms with Crippen LogP contribution in [0.3, 0.4) is 0 Å². The SMILES string of the molecule is CNC(=O)c1ccc(CN(C)Cc2csc(-c3ncccn3)n2)cc1. The average molecular weight is 353 g/mol. The van der Waals surface area contributed by atoms with Crippen LogP contribution in [0.15, 0.2) is 48.1 Å². The third-order valence-electron chi connectivity index (χ3n) is 3.64. The summed E-state index contributed by atoms with van der Waals surface area (Å²) in [7, 11) is 3.68. The van der Waals surface area contributed by atoms with E-state index in [0.29, 0.717) is 11.4 Å². The summed E-state index contributed by atoms with van der Waals surface area (Å²) < 4.78 is 0. The predicted molar refractivity (Wildman–Crippen MR) is 98.1 cm³/mol. The molecule has 0 aliphatic heterocycles. The van der Waals surface area contributed by atoms with Crippen molar-refractivity contribution in [3.63, 3.8) is 0 Å². The van der Waals surface area contributed by atoms with Crippen molar-refractivity contribution in [2.45, 2.75) is 13.1 Å². The number of carbonyl (C=O) groups excluding carboxylic acids is 1. The first-order valence-corrected chi connectivity index (χ1v) is 8.75. The first-order chi connectivity index (χ1) is 12.2. The topological polar surface area (TPSA) is 71.0 Å². The van der Waals surface area contributed by atoms with Gasteiger partial charge in [0.1, 0.15) is 0 Å². The minimum atomic E-state index is -0.0713. The predicted octanol–water partition coefficient (Wildman–Crippen LogP) is 2.59. The lowest BCUT2D eigenvalue weighted by Gasteiger charge is -2.15. The van der Waals surface area contributed by atoms with Crippen molar-refractivity contribution >= 4 is 17.2 Å².